The third kappa shape index (κ3) is 3.33. The molecule has 6 atom stereocenters. The highest BCUT2D eigenvalue weighted by Crippen LogP contribution is 2.63. The van der Waals surface area contributed by atoms with Gasteiger partial charge in [-0.25, -0.2) is 0 Å². The molecule has 1 nitrogen and oxygen atoms in total. The number of fused-ring (bicyclic) bond motifs is 4. The van der Waals surface area contributed by atoms with Gasteiger partial charge in [-0.1, -0.05) is 71.4 Å². The van der Waals surface area contributed by atoms with Crippen molar-refractivity contribution in [3.63, 3.8) is 0 Å². The van der Waals surface area contributed by atoms with Crippen molar-refractivity contribution in [1.29, 1.82) is 0 Å². The molecule has 0 spiro atoms. The van der Waals surface area contributed by atoms with E-state index in [9.17, 15) is 4.79 Å². The Labute approximate surface area is 178 Å². The van der Waals surface area contributed by atoms with Crippen LogP contribution in [0.1, 0.15) is 80.1 Å². The van der Waals surface area contributed by atoms with Gasteiger partial charge in [0.15, 0.2) is 5.78 Å². The average molecular weight is 393 g/mol. The van der Waals surface area contributed by atoms with Crippen LogP contribution >= 0.6 is 0 Å². The van der Waals surface area contributed by atoms with E-state index >= 15 is 0 Å². The van der Waals surface area contributed by atoms with Crippen LogP contribution in [0.4, 0.5) is 0 Å². The van der Waals surface area contributed by atoms with E-state index in [1.54, 1.807) is 11.1 Å². The largest absolute Gasteiger partial charge is 0.295 e. The fourth-order valence-corrected chi connectivity index (χ4v) is 6.92. The molecule has 0 aromatic carbocycles. The van der Waals surface area contributed by atoms with E-state index in [4.69, 9.17) is 0 Å². The molecular formula is C28H40O. The molecule has 1 saturated carbocycles. The van der Waals surface area contributed by atoms with Gasteiger partial charge in [0.25, 0.3) is 0 Å². The summed E-state index contributed by atoms with van der Waals surface area (Å²) in [6.07, 6.45) is 18.5. The van der Waals surface area contributed by atoms with Gasteiger partial charge in [-0.15, -0.1) is 0 Å². The van der Waals surface area contributed by atoms with Crippen LogP contribution in [-0.2, 0) is 4.79 Å². The lowest BCUT2D eigenvalue weighted by atomic mass is 9.54. The monoisotopic (exact) mass is 392 g/mol. The molecule has 0 heterocycles. The molecule has 4 aliphatic rings. The van der Waals surface area contributed by atoms with Gasteiger partial charge in [-0.05, 0) is 84.3 Å². The number of carbonyl (C=O) groups excluding carboxylic acids is 1. The number of carbonyl (C=O) groups is 1. The van der Waals surface area contributed by atoms with E-state index in [0.717, 1.165) is 12.3 Å². The summed E-state index contributed by atoms with van der Waals surface area (Å²) in [6, 6.07) is 0. The van der Waals surface area contributed by atoms with E-state index < -0.39 is 0 Å². The minimum Gasteiger partial charge on any atom is -0.295 e. The normalized spacial score (nSPS) is 38.7. The van der Waals surface area contributed by atoms with Gasteiger partial charge in [0, 0.05) is 11.8 Å². The van der Waals surface area contributed by atoms with Gasteiger partial charge in [0.1, 0.15) is 0 Å². The van der Waals surface area contributed by atoms with Gasteiger partial charge in [-0.2, -0.15) is 0 Å². The third-order valence-corrected chi connectivity index (χ3v) is 9.39. The molecular weight excluding hydrogens is 352 g/mol. The Kier molecular flexibility index (Phi) is 5.33. The van der Waals surface area contributed by atoms with E-state index in [-0.39, 0.29) is 5.41 Å². The van der Waals surface area contributed by atoms with E-state index in [1.807, 2.05) is 6.08 Å². The predicted molar refractivity (Wildman–Crippen MR) is 122 cm³/mol. The van der Waals surface area contributed by atoms with Crippen LogP contribution in [0.15, 0.2) is 47.1 Å². The van der Waals surface area contributed by atoms with Gasteiger partial charge in [0.05, 0.1) is 0 Å². The first-order valence-electron chi connectivity index (χ1n) is 12.0. The van der Waals surface area contributed by atoms with Crippen molar-refractivity contribution in [2.24, 2.45) is 40.4 Å². The highest BCUT2D eigenvalue weighted by Gasteiger charge is 2.53. The second-order valence-electron chi connectivity index (χ2n) is 11.3. The van der Waals surface area contributed by atoms with Crippen molar-refractivity contribution in [2.45, 2.75) is 80.1 Å². The summed E-state index contributed by atoms with van der Waals surface area (Å²) >= 11 is 0. The van der Waals surface area contributed by atoms with Crippen molar-refractivity contribution < 1.29 is 4.79 Å². The number of hydrogen-bond donors (Lipinski definition) is 0. The van der Waals surface area contributed by atoms with Crippen LogP contribution < -0.4 is 0 Å². The maximum Gasteiger partial charge on any atom is 0.156 e. The molecule has 0 unspecified atom stereocenters. The molecule has 0 N–H and O–H groups in total. The van der Waals surface area contributed by atoms with Crippen LogP contribution in [-0.4, -0.2) is 5.78 Å². The molecule has 0 aromatic rings. The zero-order valence-electron chi connectivity index (χ0n) is 19.4. The standard InChI is InChI=1S/C28H40O/c1-18(2)19(3)7-8-20(4)24-11-12-25-23-10-9-21-17-22(29)13-15-27(21,5)26(23)14-16-28(24,25)6/h7-10,17-20,24-25H,11-16H2,1-6H3/b8-7-/t19-,20+,24+,25-,27-,28+/m0/s1. The lowest BCUT2D eigenvalue weighted by Gasteiger charge is -2.50. The van der Waals surface area contributed by atoms with Crippen molar-refractivity contribution in [3.05, 3.63) is 47.1 Å². The van der Waals surface area contributed by atoms with E-state index in [0.29, 0.717) is 41.3 Å². The topological polar surface area (TPSA) is 17.1 Å². The summed E-state index contributed by atoms with van der Waals surface area (Å²) in [5, 5.41) is 0. The molecule has 29 heavy (non-hydrogen) atoms. The molecule has 0 aliphatic heterocycles. The first-order chi connectivity index (χ1) is 13.7. The Morgan fingerprint density at radius 2 is 1.76 bits per heavy atom. The summed E-state index contributed by atoms with van der Waals surface area (Å²) in [5.41, 5.74) is 5.09. The molecule has 0 radical (unpaired) electrons. The molecule has 0 aromatic heterocycles. The Bertz CT molecular complexity index is 806. The van der Waals surface area contributed by atoms with Gasteiger partial charge < -0.3 is 0 Å². The molecule has 4 aliphatic carbocycles. The molecule has 158 valence electrons. The zero-order chi connectivity index (χ0) is 21.0. The van der Waals surface area contributed by atoms with Crippen LogP contribution in [0.3, 0.4) is 0 Å². The van der Waals surface area contributed by atoms with Crippen molar-refractivity contribution >= 4 is 5.78 Å². The van der Waals surface area contributed by atoms with E-state index in [1.165, 1.54) is 31.3 Å². The van der Waals surface area contributed by atoms with Crippen LogP contribution in [0.25, 0.3) is 0 Å². The first-order valence-corrected chi connectivity index (χ1v) is 12.0. The smallest absolute Gasteiger partial charge is 0.156 e. The van der Waals surface area contributed by atoms with Crippen LogP contribution in [0, 0.1) is 40.4 Å². The number of rotatable bonds is 4. The second kappa shape index (κ2) is 7.40. The molecule has 1 heteroatoms. The summed E-state index contributed by atoms with van der Waals surface area (Å²) < 4.78 is 0. The molecule has 1 fully saturated rings. The fraction of sp³-hybridized carbons (Fsp3) is 0.679. The maximum absolute atomic E-state index is 12.0. The van der Waals surface area contributed by atoms with Gasteiger partial charge >= 0.3 is 0 Å². The molecule has 0 bridgehead atoms. The van der Waals surface area contributed by atoms with Crippen LogP contribution in [0.5, 0.6) is 0 Å². The SMILES string of the molecule is CC(C)[C@@H](C)/C=C\[C@@H](C)[C@H]1CC[C@H]2C3=C(CC[C@]12C)[C@@]1(C)CCC(=O)C=C1C=C3. The number of ketones is 1. The van der Waals surface area contributed by atoms with Gasteiger partial charge in [0.2, 0.25) is 0 Å². The number of hydrogen-bond acceptors (Lipinski definition) is 1. The van der Waals surface area contributed by atoms with E-state index in [2.05, 4.69) is 65.8 Å². The zero-order valence-corrected chi connectivity index (χ0v) is 19.4. The minimum absolute atomic E-state index is 0.107. The first kappa shape index (κ1) is 20.9. The maximum atomic E-state index is 12.0. The van der Waals surface area contributed by atoms with Gasteiger partial charge in [-0.3, -0.25) is 4.79 Å². The van der Waals surface area contributed by atoms with Crippen LogP contribution in [0.2, 0.25) is 0 Å². The molecule has 0 amide bonds. The summed E-state index contributed by atoms with van der Waals surface area (Å²) in [5.74, 6) is 3.81. The summed E-state index contributed by atoms with van der Waals surface area (Å²) in [7, 11) is 0. The third-order valence-electron chi connectivity index (χ3n) is 9.39. The fourth-order valence-electron chi connectivity index (χ4n) is 6.92. The number of allylic oxidation sites excluding steroid dienone is 8. The predicted octanol–water partition coefficient (Wildman–Crippen LogP) is 7.46. The van der Waals surface area contributed by atoms with Crippen molar-refractivity contribution in [1.82, 2.24) is 0 Å². The van der Waals surface area contributed by atoms with Crippen molar-refractivity contribution in [3.8, 4) is 0 Å². The Morgan fingerprint density at radius 1 is 1.00 bits per heavy atom. The average Bonchev–Trinajstić information content (AvgIpc) is 3.03. The summed E-state index contributed by atoms with van der Waals surface area (Å²) in [6.45, 7) is 14.4. The minimum atomic E-state index is 0.107. The van der Waals surface area contributed by atoms with Crippen molar-refractivity contribution in [2.75, 3.05) is 0 Å². The molecule has 0 saturated heterocycles. The Balaban J connectivity index is 1.61. The highest BCUT2D eigenvalue weighted by molar-refractivity contribution is 5.92. The second-order valence-corrected chi connectivity index (χ2v) is 11.3. The lowest BCUT2D eigenvalue weighted by Crippen LogP contribution is -2.40. The summed E-state index contributed by atoms with van der Waals surface area (Å²) in [4.78, 5) is 12.0. The Hall–Kier alpha value is -1.37. The lowest BCUT2D eigenvalue weighted by molar-refractivity contribution is -0.115. The Morgan fingerprint density at radius 3 is 2.48 bits per heavy atom. The quantitative estimate of drug-likeness (QED) is 0.454. The molecule has 4 rings (SSSR count). The highest BCUT2D eigenvalue weighted by atomic mass is 16.1.